The SMILES string of the molecule is Cc1ccc(OCc2csc(C(=O)Nc3ccc4c(c3)OCCO4)c2)c(C)c1. The Morgan fingerprint density at radius 2 is 1.89 bits per heavy atom. The van der Waals surface area contributed by atoms with Gasteiger partial charge in [-0.25, -0.2) is 0 Å². The maximum absolute atomic E-state index is 12.5. The Morgan fingerprint density at radius 1 is 1.07 bits per heavy atom. The highest BCUT2D eigenvalue weighted by molar-refractivity contribution is 7.12. The number of carbonyl (C=O) groups excluding carboxylic acids is 1. The van der Waals surface area contributed by atoms with Gasteiger partial charge in [-0.15, -0.1) is 11.3 Å². The fourth-order valence-electron chi connectivity index (χ4n) is 3.01. The largest absolute Gasteiger partial charge is 0.489 e. The van der Waals surface area contributed by atoms with E-state index in [0.29, 0.717) is 41.9 Å². The van der Waals surface area contributed by atoms with Gasteiger partial charge in [-0.2, -0.15) is 0 Å². The molecule has 1 N–H and O–H groups in total. The van der Waals surface area contributed by atoms with Crippen LogP contribution in [0, 0.1) is 13.8 Å². The average Bonchev–Trinajstić information content (AvgIpc) is 3.16. The number of anilines is 1. The Kier molecular flexibility index (Phi) is 5.21. The molecule has 0 atom stereocenters. The van der Waals surface area contributed by atoms with Gasteiger partial charge in [0, 0.05) is 17.3 Å². The maximum atomic E-state index is 12.5. The van der Waals surface area contributed by atoms with Crippen LogP contribution in [-0.2, 0) is 6.61 Å². The molecule has 0 saturated heterocycles. The first-order chi connectivity index (χ1) is 13.6. The quantitative estimate of drug-likeness (QED) is 0.663. The van der Waals surface area contributed by atoms with Gasteiger partial charge in [0.25, 0.3) is 5.91 Å². The number of ether oxygens (including phenoxy) is 3. The smallest absolute Gasteiger partial charge is 0.265 e. The first-order valence-corrected chi connectivity index (χ1v) is 9.95. The lowest BCUT2D eigenvalue weighted by atomic mass is 10.1. The van der Waals surface area contributed by atoms with Crippen molar-refractivity contribution in [2.75, 3.05) is 18.5 Å². The van der Waals surface area contributed by atoms with E-state index in [1.165, 1.54) is 16.9 Å². The number of carbonyl (C=O) groups is 1. The molecule has 0 bridgehead atoms. The van der Waals surface area contributed by atoms with Gasteiger partial charge in [-0.1, -0.05) is 17.7 Å². The molecule has 28 heavy (non-hydrogen) atoms. The van der Waals surface area contributed by atoms with Crippen molar-refractivity contribution in [3.63, 3.8) is 0 Å². The summed E-state index contributed by atoms with van der Waals surface area (Å²) in [5, 5.41) is 4.85. The van der Waals surface area contributed by atoms with Crippen molar-refractivity contribution >= 4 is 22.9 Å². The van der Waals surface area contributed by atoms with E-state index in [2.05, 4.69) is 18.3 Å². The molecule has 5 nitrogen and oxygen atoms in total. The van der Waals surface area contributed by atoms with Gasteiger partial charge in [0.05, 0.1) is 4.88 Å². The topological polar surface area (TPSA) is 56.8 Å². The molecule has 0 fully saturated rings. The lowest BCUT2D eigenvalue weighted by Crippen LogP contribution is -2.16. The summed E-state index contributed by atoms with van der Waals surface area (Å²) in [6.07, 6.45) is 0. The Balaban J connectivity index is 1.39. The normalized spacial score (nSPS) is 12.5. The summed E-state index contributed by atoms with van der Waals surface area (Å²) in [6.45, 7) is 5.57. The van der Waals surface area contributed by atoms with Crippen LogP contribution in [0.5, 0.6) is 17.2 Å². The van der Waals surface area contributed by atoms with E-state index >= 15 is 0 Å². The number of hydrogen-bond acceptors (Lipinski definition) is 5. The van der Waals surface area contributed by atoms with Crippen molar-refractivity contribution in [2.24, 2.45) is 0 Å². The number of fused-ring (bicyclic) bond motifs is 1. The maximum Gasteiger partial charge on any atom is 0.265 e. The van der Waals surface area contributed by atoms with Crippen LogP contribution in [0.1, 0.15) is 26.4 Å². The summed E-state index contributed by atoms with van der Waals surface area (Å²) in [4.78, 5) is 13.2. The minimum absolute atomic E-state index is 0.153. The van der Waals surface area contributed by atoms with Crippen LogP contribution in [-0.4, -0.2) is 19.1 Å². The summed E-state index contributed by atoms with van der Waals surface area (Å²) in [5.74, 6) is 2.06. The minimum atomic E-state index is -0.153. The number of aryl methyl sites for hydroxylation is 2. The van der Waals surface area contributed by atoms with Crippen molar-refractivity contribution in [2.45, 2.75) is 20.5 Å². The third-order valence-corrected chi connectivity index (χ3v) is 5.38. The van der Waals surface area contributed by atoms with Gasteiger partial charge in [0.1, 0.15) is 25.6 Å². The van der Waals surface area contributed by atoms with Crippen molar-refractivity contribution in [1.82, 2.24) is 0 Å². The zero-order valence-corrected chi connectivity index (χ0v) is 16.6. The Labute approximate surface area is 167 Å². The molecular formula is C22H21NO4S. The van der Waals surface area contributed by atoms with E-state index in [9.17, 15) is 4.79 Å². The number of amides is 1. The second kappa shape index (κ2) is 7.94. The number of thiophene rings is 1. The number of benzene rings is 2. The number of nitrogens with one attached hydrogen (secondary N) is 1. The van der Waals surface area contributed by atoms with E-state index in [1.54, 1.807) is 6.07 Å². The van der Waals surface area contributed by atoms with E-state index in [0.717, 1.165) is 16.9 Å². The fraction of sp³-hybridized carbons (Fsp3) is 0.227. The molecular weight excluding hydrogens is 374 g/mol. The highest BCUT2D eigenvalue weighted by Gasteiger charge is 2.14. The van der Waals surface area contributed by atoms with Crippen molar-refractivity contribution < 1.29 is 19.0 Å². The number of rotatable bonds is 5. The third-order valence-electron chi connectivity index (χ3n) is 4.40. The minimum Gasteiger partial charge on any atom is -0.489 e. The first-order valence-electron chi connectivity index (χ1n) is 9.07. The summed E-state index contributed by atoms with van der Waals surface area (Å²) >= 11 is 1.40. The van der Waals surface area contributed by atoms with Crippen LogP contribution in [0.3, 0.4) is 0 Å². The zero-order chi connectivity index (χ0) is 19.5. The van der Waals surface area contributed by atoms with E-state index in [1.807, 2.05) is 42.6 Å². The van der Waals surface area contributed by atoms with Crippen LogP contribution in [0.4, 0.5) is 5.69 Å². The molecule has 0 spiro atoms. The van der Waals surface area contributed by atoms with Gasteiger partial charge >= 0.3 is 0 Å². The molecule has 1 aliphatic rings. The predicted molar refractivity (Wildman–Crippen MR) is 110 cm³/mol. The fourth-order valence-corrected chi connectivity index (χ4v) is 3.80. The molecule has 3 aromatic rings. The van der Waals surface area contributed by atoms with Gasteiger partial charge in [-0.05, 0) is 49.1 Å². The monoisotopic (exact) mass is 395 g/mol. The summed E-state index contributed by atoms with van der Waals surface area (Å²) in [6, 6.07) is 13.4. The Hall–Kier alpha value is -2.99. The molecule has 2 heterocycles. The molecule has 0 aliphatic carbocycles. The molecule has 144 valence electrons. The highest BCUT2D eigenvalue weighted by atomic mass is 32.1. The average molecular weight is 395 g/mol. The van der Waals surface area contributed by atoms with Crippen molar-refractivity contribution in [1.29, 1.82) is 0 Å². The molecule has 0 saturated carbocycles. The molecule has 4 rings (SSSR count). The summed E-state index contributed by atoms with van der Waals surface area (Å²) in [5.41, 5.74) is 3.96. The molecule has 2 aromatic carbocycles. The highest BCUT2D eigenvalue weighted by Crippen LogP contribution is 2.33. The second-order valence-corrected chi connectivity index (χ2v) is 7.60. The van der Waals surface area contributed by atoms with E-state index in [4.69, 9.17) is 14.2 Å². The van der Waals surface area contributed by atoms with Crippen LogP contribution < -0.4 is 19.5 Å². The molecule has 1 aliphatic heterocycles. The first kappa shape index (κ1) is 18.4. The summed E-state index contributed by atoms with van der Waals surface area (Å²) in [7, 11) is 0. The standard InChI is InChI=1S/C22H21NO4S/c1-14-3-5-18(15(2)9-14)27-12-16-10-21(28-13-16)22(24)23-17-4-6-19-20(11-17)26-8-7-25-19/h3-6,9-11,13H,7-8,12H2,1-2H3,(H,23,24). The number of hydrogen-bond donors (Lipinski definition) is 1. The molecule has 6 heteroatoms. The van der Waals surface area contributed by atoms with Crippen LogP contribution in [0.15, 0.2) is 47.8 Å². The van der Waals surface area contributed by atoms with Gasteiger partial charge in [0.2, 0.25) is 0 Å². The lowest BCUT2D eigenvalue weighted by Gasteiger charge is -2.18. The van der Waals surface area contributed by atoms with E-state index in [-0.39, 0.29) is 5.91 Å². The van der Waals surface area contributed by atoms with Crippen LogP contribution in [0.2, 0.25) is 0 Å². The van der Waals surface area contributed by atoms with E-state index < -0.39 is 0 Å². The second-order valence-electron chi connectivity index (χ2n) is 6.69. The molecule has 0 unspecified atom stereocenters. The Morgan fingerprint density at radius 3 is 2.71 bits per heavy atom. The van der Waals surface area contributed by atoms with Crippen molar-refractivity contribution in [3.05, 3.63) is 69.4 Å². The zero-order valence-electron chi connectivity index (χ0n) is 15.8. The van der Waals surface area contributed by atoms with Gasteiger partial charge in [0.15, 0.2) is 11.5 Å². The molecule has 1 amide bonds. The van der Waals surface area contributed by atoms with Gasteiger partial charge < -0.3 is 19.5 Å². The predicted octanol–water partition coefficient (Wildman–Crippen LogP) is 4.97. The molecule has 0 radical (unpaired) electrons. The molecule has 1 aromatic heterocycles. The lowest BCUT2D eigenvalue weighted by molar-refractivity contribution is 0.103. The van der Waals surface area contributed by atoms with Gasteiger partial charge in [-0.3, -0.25) is 4.79 Å². The third kappa shape index (κ3) is 4.12. The Bertz CT molecular complexity index is 1010. The van der Waals surface area contributed by atoms with Crippen LogP contribution >= 0.6 is 11.3 Å². The van der Waals surface area contributed by atoms with Crippen molar-refractivity contribution in [3.8, 4) is 17.2 Å². The summed E-state index contributed by atoms with van der Waals surface area (Å²) < 4.78 is 17.0. The van der Waals surface area contributed by atoms with Crippen LogP contribution in [0.25, 0.3) is 0 Å².